The van der Waals surface area contributed by atoms with Gasteiger partial charge in [-0.3, -0.25) is 4.79 Å². The van der Waals surface area contributed by atoms with E-state index in [1.54, 1.807) is 11.8 Å². The highest BCUT2D eigenvalue weighted by atomic mass is 79.9. The Kier molecular flexibility index (Phi) is 8.22. The van der Waals surface area contributed by atoms with Gasteiger partial charge in [0.1, 0.15) is 0 Å². The van der Waals surface area contributed by atoms with Gasteiger partial charge in [-0.2, -0.15) is 0 Å². The van der Waals surface area contributed by atoms with E-state index in [-0.39, 0.29) is 17.9 Å². The fourth-order valence-corrected chi connectivity index (χ4v) is 4.90. The highest BCUT2D eigenvalue weighted by Gasteiger charge is 2.24. The molecule has 1 saturated heterocycles. The van der Waals surface area contributed by atoms with Gasteiger partial charge in [-0.25, -0.2) is 4.79 Å². The molecule has 0 spiro atoms. The van der Waals surface area contributed by atoms with Crippen LogP contribution < -0.4 is 10.6 Å². The first-order valence-electron chi connectivity index (χ1n) is 10.2. The summed E-state index contributed by atoms with van der Waals surface area (Å²) < 4.78 is 1.05. The van der Waals surface area contributed by atoms with Crippen LogP contribution in [0.15, 0.2) is 51.8 Å². The normalized spacial score (nSPS) is 16.2. The summed E-state index contributed by atoms with van der Waals surface area (Å²) >= 11 is 5.06. The largest absolute Gasteiger partial charge is 0.342 e. The van der Waals surface area contributed by atoms with E-state index in [4.69, 9.17) is 0 Å². The second-order valence-corrected chi connectivity index (χ2v) is 9.68. The summed E-state index contributed by atoms with van der Waals surface area (Å²) in [7, 11) is 0. The average molecular weight is 490 g/mol. The molecule has 1 fully saturated rings. The van der Waals surface area contributed by atoms with Crippen LogP contribution in [0, 0.1) is 19.8 Å². The summed E-state index contributed by atoms with van der Waals surface area (Å²) in [5.74, 6) is 0.887. The molecular weight excluding hydrogens is 462 g/mol. The van der Waals surface area contributed by atoms with Gasteiger partial charge < -0.3 is 15.5 Å². The zero-order valence-electron chi connectivity index (χ0n) is 17.4. The summed E-state index contributed by atoms with van der Waals surface area (Å²) in [4.78, 5) is 27.9. The highest BCUT2D eigenvalue weighted by molar-refractivity contribution is 9.10. The summed E-state index contributed by atoms with van der Waals surface area (Å²) in [6.07, 6.45) is 1.99. The Bertz CT molecular complexity index is 889. The number of halogens is 1. The molecule has 1 heterocycles. The SMILES string of the molecule is Cc1ccc(NC(=O)NCC2CCCN(C(=O)CSc3ccc(Br)cc3C)C2)cc1. The van der Waals surface area contributed by atoms with Crippen LogP contribution in [0.4, 0.5) is 10.5 Å². The number of anilines is 1. The zero-order chi connectivity index (χ0) is 21.5. The Morgan fingerprint density at radius 3 is 2.67 bits per heavy atom. The molecule has 3 rings (SSSR count). The van der Waals surface area contributed by atoms with Crippen LogP contribution in [0.1, 0.15) is 24.0 Å². The topological polar surface area (TPSA) is 61.4 Å². The molecule has 1 atom stereocenters. The van der Waals surface area contributed by atoms with E-state index in [1.165, 1.54) is 5.56 Å². The Labute approximate surface area is 191 Å². The minimum absolute atomic E-state index is 0.163. The van der Waals surface area contributed by atoms with E-state index in [9.17, 15) is 9.59 Å². The molecule has 30 heavy (non-hydrogen) atoms. The van der Waals surface area contributed by atoms with Crippen molar-refractivity contribution in [3.8, 4) is 0 Å². The number of piperidine rings is 1. The van der Waals surface area contributed by atoms with Gasteiger partial charge in [-0.1, -0.05) is 33.6 Å². The zero-order valence-corrected chi connectivity index (χ0v) is 19.8. The fraction of sp³-hybridized carbons (Fsp3) is 0.391. The maximum Gasteiger partial charge on any atom is 0.319 e. The molecule has 1 unspecified atom stereocenters. The second kappa shape index (κ2) is 10.9. The number of benzene rings is 2. The van der Waals surface area contributed by atoms with Crippen molar-refractivity contribution in [1.82, 2.24) is 10.2 Å². The van der Waals surface area contributed by atoms with Crippen molar-refractivity contribution in [1.29, 1.82) is 0 Å². The predicted octanol–water partition coefficient (Wildman–Crippen LogP) is 5.22. The van der Waals surface area contributed by atoms with Crippen LogP contribution in [0.3, 0.4) is 0 Å². The van der Waals surface area contributed by atoms with Gasteiger partial charge >= 0.3 is 6.03 Å². The monoisotopic (exact) mass is 489 g/mol. The van der Waals surface area contributed by atoms with Crippen molar-refractivity contribution < 1.29 is 9.59 Å². The van der Waals surface area contributed by atoms with E-state index in [0.29, 0.717) is 18.8 Å². The van der Waals surface area contributed by atoms with Crippen LogP contribution in [0.5, 0.6) is 0 Å². The average Bonchev–Trinajstić information content (AvgIpc) is 2.73. The number of nitrogens with one attached hydrogen (secondary N) is 2. The lowest BCUT2D eigenvalue weighted by molar-refractivity contribution is -0.130. The minimum atomic E-state index is -0.205. The lowest BCUT2D eigenvalue weighted by Crippen LogP contribution is -2.44. The number of rotatable bonds is 6. The smallest absolute Gasteiger partial charge is 0.319 e. The Hall–Kier alpha value is -1.99. The second-order valence-electron chi connectivity index (χ2n) is 7.75. The highest BCUT2D eigenvalue weighted by Crippen LogP contribution is 2.26. The molecule has 2 aromatic rings. The number of hydrogen-bond acceptors (Lipinski definition) is 3. The molecule has 2 N–H and O–H groups in total. The lowest BCUT2D eigenvalue weighted by Gasteiger charge is -2.33. The molecule has 2 aromatic carbocycles. The number of hydrogen-bond donors (Lipinski definition) is 2. The van der Waals surface area contributed by atoms with Crippen molar-refractivity contribution >= 4 is 45.3 Å². The first-order valence-corrected chi connectivity index (χ1v) is 12.0. The summed E-state index contributed by atoms with van der Waals surface area (Å²) in [6, 6.07) is 13.6. The van der Waals surface area contributed by atoms with Gasteiger partial charge in [0.2, 0.25) is 5.91 Å². The molecule has 0 aliphatic carbocycles. The van der Waals surface area contributed by atoms with Gasteiger partial charge in [0.15, 0.2) is 0 Å². The molecule has 3 amide bonds. The van der Waals surface area contributed by atoms with Crippen molar-refractivity contribution in [3.63, 3.8) is 0 Å². The number of nitrogens with zero attached hydrogens (tertiary/aromatic N) is 1. The quantitative estimate of drug-likeness (QED) is 0.546. The first-order chi connectivity index (χ1) is 14.4. The van der Waals surface area contributed by atoms with Crippen LogP contribution in [-0.4, -0.2) is 42.2 Å². The van der Waals surface area contributed by atoms with Crippen LogP contribution >= 0.6 is 27.7 Å². The van der Waals surface area contributed by atoms with Gasteiger partial charge in [0.05, 0.1) is 5.75 Å². The van der Waals surface area contributed by atoms with E-state index in [1.807, 2.05) is 48.2 Å². The molecule has 160 valence electrons. The van der Waals surface area contributed by atoms with Crippen molar-refractivity contribution in [2.75, 3.05) is 30.7 Å². The van der Waals surface area contributed by atoms with Crippen molar-refractivity contribution in [3.05, 3.63) is 58.1 Å². The third-order valence-corrected chi connectivity index (χ3v) is 6.87. The molecule has 0 radical (unpaired) electrons. The van der Waals surface area contributed by atoms with Gasteiger partial charge in [-0.15, -0.1) is 11.8 Å². The number of amides is 3. The molecule has 1 aliphatic heterocycles. The number of likely N-dealkylation sites (tertiary alicyclic amines) is 1. The Balaban J connectivity index is 1.43. The summed E-state index contributed by atoms with van der Waals surface area (Å²) in [6.45, 7) is 6.13. The predicted molar refractivity (Wildman–Crippen MR) is 127 cm³/mol. The van der Waals surface area contributed by atoms with Crippen molar-refractivity contribution in [2.24, 2.45) is 5.92 Å². The van der Waals surface area contributed by atoms with E-state index >= 15 is 0 Å². The summed E-state index contributed by atoms with van der Waals surface area (Å²) in [5, 5.41) is 5.80. The Morgan fingerprint density at radius 1 is 1.17 bits per heavy atom. The summed E-state index contributed by atoms with van der Waals surface area (Å²) in [5.41, 5.74) is 3.10. The molecule has 0 bridgehead atoms. The van der Waals surface area contributed by atoms with Gasteiger partial charge in [0, 0.05) is 34.7 Å². The molecule has 7 heteroatoms. The number of aryl methyl sites for hydroxylation is 2. The number of carbonyl (C=O) groups is 2. The van der Waals surface area contributed by atoms with Crippen LogP contribution in [0.2, 0.25) is 0 Å². The van der Waals surface area contributed by atoms with E-state index in [0.717, 1.165) is 40.0 Å². The van der Waals surface area contributed by atoms with Gasteiger partial charge in [0.25, 0.3) is 0 Å². The third-order valence-electron chi connectivity index (χ3n) is 5.22. The Morgan fingerprint density at radius 2 is 1.93 bits per heavy atom. The molecule has 0 saturated carbocycles. The number of urea groups is 1. The molecule has 5 nitrogen and oxygen atoms in total. The third kappa shape index (κ3) is 6.77. The molecule has 0 aromatic heterocycles. The molecule has 1 aliphatic rings. The fourth-order valence-electron chi connectivity index (χ4n) is 3.51. The van der Waals surface area contributed by atoms with Crippen LogP contribution in [0.25, 0.3) is 0 Å². The maximum absolute atomic E-state index is 12.7. The number of carbonyl (C=O) groups excluding carboxylic acids is 2. The number of thioether (sulfide) groups is 1. The first kappa shape index (κ1) is 22.7. The van der Waals surface area contributed by atoms with Crippen LogP contribution in [-0.2, 0) is 4.79 Å². The maximum atomic E-state index is 12.7. The molecular formula is C23H28BrN3O2S. The minimum Gasteiger partial charge on any atom is -0.342 e. The standard InChI is InChI=1S/C23H28BrN3O2S/c1-16-5-8-20(9-6-16)26-23(29)25-13-18-4-3-11-27(14-18)22(28)15-30-21-10-7-19(24)12-17(21)2/h5-10,12,18H,3-4,11,13-15H2,1-2H3,(H2,25,26,29). The van der Waals surface area contributed by atoms with E-state index < -0.39 is 0 Å². The lowest BCUT2D eigenvalue weighted by atomic mass is 9.98. The van der Waals surface area contributed by atoms with Crippen molar-refractivity contribution in [2.45, 2.75) is 31.6 Å². The van der Waals surface area contributed by atoms with E-state index in [2.05, 4.69) is 39.6 Å². The van der Waals surface area contributed by atoms with Gasteiger partial charge in [-0.05, 0) is 68.5 Å².